The first-order valence-corrected chi connectivity index (χ1v) is 7.05. The molecule has 0 spiro atoms. The van der Waals surface area contributed by atoms with E-state index in [4.69, 9.17) is 14.6 Å². The standard InChI is InChI=1S/C14H20O7/c1-7(11(16)19-8(2)15)12(17)20-10-5-4-9-6-14(10,3)21-13(9)18/h7-10,15H,4-6H2,1-3H3. The average Bonchev–Trinajstić information content (AvgIpc) is 2.62. The van der Waals surface area contributed by atoms with Crippen LogP contribution in [0.1, 0.15) is 40.0 Å². The molecule has 1 saturated heterocycles. The van der Waals surface area contributed by atoms with Gasteiger partial charge in [-0.25, -0.2) is 0 Å². The minimum Gasteiger partial charge on any atom is -0.457 e. The molecule has 2 fully saturated rings. The van der Waals surface area contributed by atoms with E-state index in [1.165, 1.54) is 13.8 Å². The number of carbonyl (C=O) groups is 3. The Hall–Kier alpha value is -1.63. The lowest BCUT2D eigenvalue weighted by atomic mass is 9.80. The molecule has 0 aromatic rings. The van der Waals surface area contributed by atoms with Gasteiger partial charge in [0.25, 0.3) is 0 Å². The van der Waals surface area contributed by atoms with Crippen LogP contribution in [0.15, 0.2) is 0 Å². The Labute approximate surface area is 122 Å². The van der Waals surface area contributed by atoms with Gasteiger partial charge in [-0.1, -0.05) is 0 Å². The Balaban J connectivity index is 1.96. The first-order valence-electron chi connectivity index (χ1n) is 7.05. The molecule has 118 valence electrons. The minimum atomic E-state index is -1.28. The van der Waals surface area contributed by atoms with Crippen molar-refractivity contribution in [2.45, 2.75) is 58.0 Å². The molecule has 5 unspecified atom stereocenters. The number of rotatable bonds is 4. The second kappa shape index (κ2) is 5.63. The molecule has 2 aliphatic rings. The maximum absolute atomic E-state index is 12.0. The summed E-state index contributed by atoms with van der Waals surface area (Å²) in [5.74, 6) is -3.11. The van der Waals surface area contributed by atoms with Crippen molar-refractivity contribution >= 4 is 17.9 Å². The second-order valence-electron chi connectivity index (χ2n) is 5.90. The Kier molecular flexibility index (Phi) is 4.22. The van der Waals surface area contributed by atoms with Gasteiger partial charge < -0.3 is 19.3 Å². The number of carbonyl (C=O) groups excluding carboxylic acids is 3. The maximum atomic E-state index is 12.0. The van der Waals surface area contributed by atoms with Crippen LogP contribution in [0, 0.1) is 11.8 Å². The van der Waals surface area contributed by atoms with Gasteiger partial charge in [-0.2, -0.15) is 0 Å². The highest BCUT2D eigenvalue weighted by Gasteiger charge is 2.54. The lowest BCUT2D eigenvalue weighted by Crippen LogP contribution is -2.45. The predicted octanol–water partition coefficient (Wildman–Crippen LogP) is 0.531. The summed E-state index contributed by atoms with van der Waals surface area (Å²) >= 11 is 0. The maximum Gasteiger partial charge on any atom is 0.322 e. The third kappa shape index (κ3) is 3.18. The summed E-state index contributed by atoms with van der Waals surface area (Å²) in [4.78, 5) is 35.1. The van der Waals surface area contributed by atoms with Crippen molar-refractivity contribution in [2.75, 3.05) is 0 Å². The molecule has 2 rings (SSSR count). The topological polar surface area (TPSA) is 99.1 Å². The van der Waals surface area contributed by atoms with Gasteiger partial charge in [0.15, 0.2) is 12.2 Å². The molecule has 1 heterocycles. The molecule has 1 aliphatic heterocycles. The van der Waals surface area contributed by atoms with Gasteiger partial charge in [-0.3, -0.25) is 14.4 Å². The number of hydrogen-bond donors (Lipinski definition) is 1. The van der Waals surface area contributed by atoms with Crippen LogP contribution in [-0.2, 0) is 28.6 Å². The van der Waals surface area contributed by atoms with Crippen molar-refractivity contribution in [3.8, 4) is 0 Å². The molecule has 7 nitrogen and oxygen atoms in total. The number of hydrogen-bond acceptors (Lipinski definition) is 7. The third-order valence-electron chi connectivity index (χ3n) is 4.03. The van der Waals surface area contributed by atoms with E-state index in [2.05, 4.69) is 4.74 Å². The summed E-state index contributed by atoms with van der Waals surface area (Å²) < 4.78 is 15.2. The first kappa shape index (κ1) is 15.8. The molecule has 0 aromatic heterocycles. The monoisotopic (exact) mass is 300 g/mol. The van der Waals surface area contributed by atoms with Crippen LogP contribution in [0.4, 0.5) is 0 Å². The van der Waals surface area contributed by atoms with Crippen LogP contribution in [0.3, 0.4) is 0 Å². The highest BCUT2D eigenvalue weighted by molar-refractivity contribution is 5.94. The molecule has 0 radical (unpaired) electrons. The largest absolute Gasteiger partial charge is 0.457 e. The van der Waals surface area contributed by atoms with Crippen LogP contribution >= 0.6 is 0 Å². The van der Waals surface area contributed by atoms with E-state index in [1.807, 2.05) is 0 Å². The van der Waals surface area contributed by atoms with Crippen LogP contribution in [0.25, 0.3) is 0 Å². The van der Waals surface area contributed by atoms with Crippen molar-refractivity contribution in [3.05, 3.63) is 0 Å². The Morgan fingerprint density at radius 1 is 1.33 bits per heavy atom. The fourth-order valence-electron chi connectivity index (χ4n) is 2.79. The van der Waals surface area contributed by atoms with Crippen molar-refractivity contribution in [2.24, 2.45) is 11.8 Å². The summed E-state index contributed by atoms with van der Waals surface area (Å²) in [6.07, 6.45) is -0.183. The number of aliphatic hydroxyl groups is 1. The van der Waals surface area contributed by atoms with E-state index in [0.717, 1.165) is 0 Å². The molecular formula is C14H20O7. The van der Waals surface area contributed by atoms with Gasteiger partial charge in [0, 0.05) is 6.42 Å². The molecule has 1 saturated carbocycles. The highest BCUT2D eigenvalue weighted by Crippen LogP contribution is 2.44. The summed E-state index contributed by atoms with van der Waals surface area (Å²) in [5.41, 5.74) is -0.816. The summed E-state index contributed by atoms with van der Waals surface area (Å²) in [6.45, 7) is 4.36. The minimum absolute atomic E-state index is 0.123. The summed E-state index contributed by atoms with van der Waals surface area (Å²) in [6, 6.07) is 0. The molecule has 0 amide bonds. The van der Waals surface area contributed by atoms with E-state index in [0.29, 0.717) is 19.3 Å². The normalized spacial score (nSPS) is 33.8. The van der Waals surface area contributed by atoms with Crippen LogP contribution < -0.4 is 0 Å². The molecule has 7 heteroatoms. The highest BCUT2D eigenvalue weighted by atomic mass is 16.6. The lowest BCUT2D eigenvalue weighted by Gasteiger charge is -2.34. The van der Waals surface area contributed by atoms with Crippen LogP contribution in [-0.4, -0.2) is 41.0 Å². The number of ether oxygens (including phenoxy) is 3. The molecule has 21 heavy (non-hydrogen) atoms. The molecule has 1 aliphatic carbocycles. The number of fused-ring (bicyclic) bond motifs is 2. The van der Waals surface area contributed by atoms with E-state index in [-0.39, 0.29) is 11.9 Å². The van der Waals surface area contributed by atoms with E-state index in [9.17, 15) is 14.4 Å². The fraction of sp³-hybridized carbons (Fsp3) is 0.786. The zero-order valence-corrected chi connectivity index (χ0v) is 12.3. The van der Waals surface area contributed by atoms with Gasteiger partial charge in [-0.05, 0) is 33.6 Å². The lowest BCUT2D eigenvalue weighted by molar-refractivity contribution is -0.185. The van der Waals surface area contributed by atoms with Crippen LogP contribution in [0.5, 0.6) is 0 Å². The predicted molar refractivity (Wildman–Crippen MR) is 68.7 cm³/mol. The molecular weight excluding hydrogens is 280 g/mol. The number of esters is 3. The van der Waals surface area contributed by atoms with Crippen molar-refractivity contribution < 1.29 is 33.7 Å². The Bertz CT molecular complexity index is 458. The van der Waals surface area contributed by atoms with E-state index < -0.39 is 35.9 Å². The quantitative estimate of drug-likeness (QED) is 0.350. The van der Waals surface area contributed by atoms with Gasteiger partial charge in [0.1, 0.15) is 11.7 Å². The first-order chi connectivity index (χ1) is 9.73. The molecule has 1 N–H and O–H groups in total. The van der Waals surface area contributed by atoms with Crippen LogP contribution in [0.2, 0.25) is 0 Å². The van der Waals surface area contributed by atoms with Gasteiger partial charge in [0.05, 0.1) is 5.92 Å². The fourth-order valence-corrected chi connectivity index (χ4v) is 2.79. The summed E-state index contributed by atoms with van der Waals surface area (Å²) in [7, 11) is 0. The van der Waals surface area contributed by atoms with E-state index in [1.54, 1.807) is 6.92 Å². The van der Waals surface area contributed by atoms with Gasteiger partial charge in [-0.15, -0.1) is 0 Å². The van der Waals surface area contributed by atoms with Gasteiger partial charge in [0.2, 0.25) is 0 Å². The molecule has 2 bridgehead atoms. The van der Waals surface area contributed by atoms with Gasteiger partial charge >= 0.3 is 17.9 Å². The average molecular weight is 300 g/mol. The zero-order valence-electron chi connectivity index (χ0n) is 12.3. The summed E-state index contributed by atoms with van der Waals surface area (Å²) in [5, 5.41) is 8.98. The van der Waals surface area contributed by atoms with E-state index >= 15 is 0 Å². The van der Waals surface area contributed by atoms with Crippen molar-refractivity contribution in [1.82, 2.24) is 0 Å². The zero-order chi connectivity index (χ0) is 15.8. The third-order valence-corrected chi connectivity index (χ3v) is 4.03. The Morgan fingerprint density at radius 3 is 2.62 bits per heavy atom. The van der Waals surface area contributed by atoms with Crippen molar-refractivity contribution in [3.63, 3.8) is 0 Å². The molecule has 5 atom stereocenters. The Morgan fingerprint density at radius 2 is 2.00 bits per heavy atom. The molecule has 0 aromatic carbocycles. The van der Waals surface area contributed by atoms with Crippen molar-refractivity contribution in [1.29, 1.82) is 0 Å². The smallest absolute Gasteiger partial charge is 0.322 e. The second-order valence-corrected chi connectivity index (χ2v) is 5.90. The SMILES string of the molecule is CC(O)OC(=O)C(C)C(=O)OC1CCC2CC1(C)OC2=O. The number of aliphatic hydroxyl groups excluding tert-OH is 1.